The molecule has 2 heterocycles. The number of nitrogens with zero attached hydrogens (tertiary/aromatic N) is 2. The molecule has 45 heavy (non-hydrogen) atoms. The van der Waals surface area contributed by atoms with Crippen LogP contribution in [0.5, 0.6) is 0 Å². The molecule has 2 fully saturated rings. The Bertz CT molecular complexity index is 1360. The molecule has 3 N–H and O–H groups in total. The van der Waals surface area contributed by atoms with E-state index in [1.165, 1.54) is 0 Å². The summed E-state index contributed by atoms with van der Waals surface area (Å²) in [4.78, 5) is 46.4. The number of hydrogen-bond donors (Lipinski definition) is 3. The molecule has 0 bridgehead atoms. The van der Waals surface area contributed by atoms with Gasteiger partial charge in [-0.15, -0.1) is 0 Å². The fraction of sp³-hybridized carbons (Fsp3) is 0.432. The molecule has 3 aromatic rings. The molecule has 0 saturated carbocycles. The van der Waals surface area contributed by atoms with Crippen molar-refractivity contribution in [1.82, 2.24) is 25.8 Å². The smallest absolute Gasteiger partial charge is 0.246 e. The highest BCUT2D eigenvalue weighted by Crippen LogP contribution is 2.35. The summed E-state index contributed by atoms with van der Waals surface area (Å²) in [5.74, 6) is -0.564. The number of likely N-dealkylation sites (N-methyl/N-ethyl adjacent to an activating group) is 1. The summed E-state index contributed by atoms with van der Waals surface area (Å²) >= 11 is 0. The molecule has 0 unspecified atom stereocenters. The quantitative estimate of drug-likeness (QED) is 0.290. The van der Waals surface area contributed by atoms with Crippen LogP contribution in [0.25, 0.3) is 0 Å². The molecule has 8 nitrogen and oxygen atoms in total. The summed E-state index contributed by atoms with van der Waals surface area (Å²) in [5, 5.41) is 9.61. The second kappa shape index (κ2) is 15.3. The van der Waals surface area contributed by atoms with E-state index in [1.807, 2.05) is 103 Å². The average molecular weight is 610 g/mol. The van der Waals surface area contributed by atoms with Crippen LogP contribution in [0.15, 0.2) is 91.0 Å². The third-order valence-corrected chi connectivity index (χ3v) is 9.55. The van der Waals surface area contributed by atoms with Gasteiger partial charge in [0.25, 0.3) is 0 Å². The van der Waals surface area contributed by atoms with E-state index in [1.54, 1.807) is 7.05 Å². The number of nitrogens with one attached hydrogen (secondary N) is 3. The van der Waals surface area contributed by atoms with Crippen LogP contribution in [0, 0.1) is 5.92 Å². The van der Waals surface area contributed by atoms with E-state index in [-0.39, 0.29) is 35.7 Å². The lowest BCUT2D eigenvalue weighted by Crippen LogP contribution is -2.59. The molecule has 0 spiro atoms. The van der Waals surface area contributed by atoms with E-state index >= 15 is 0 Å². The molecule has 3 aromatic carbocycles. The van der Waals surface area contributed by atoms with Gasteiger partial charge in [0, 0.05) is 18.5 Å². The van der Waals surface area contributed by atoms with Crippen molar-refractivity contribution >= 4 is 17.7 Å². The van der Waals surface area contributed by atoms with Crippen molar-refractivity contribution in [2.24, 2.45) is 5.92 Å². The van der Waals surface area contributed by atoms with E-state index < -0.39 is 18.1 Å². The Morgan fingerprint density at radius 2 is 1.44 bits per heavy atom. The first-order chi connectivity index (χ1) is 21.9. The molecule has 3 amide bonds. The number of hydrogen-bond acceptors (Lipinski definition) is 5. The van der Waals surface area contributed by atoms with Gasteiger partial charge < -0.3 is 25.8 Å². The normalized spacial score (nSPS) is 22.2. The highest BCUT2D eigenvalue weighted by atomic mass is 16.2. The zero-order valence-electron chi connectivity index (χ0n) is 26.7. The summed E-state index contributed by atoms with van der Waals surface area (Å²) < 4.78 is 0. The topological polar surface area (TPSA) is 93.8 Å². The second-order valence-corrected chi connectivity index (χ2v) is 12.5. The van der Waals surface area contributed by atoms with Crippen LogP contribution in [0.1, 0.15) is 55.3 Å². The predicted octanol–water partition coefficient (Wildman–Crippen LogP) is 3.93. The van der Waals surface area contributed by atoms with E-state index in [0.717, 1.165) is 42.5 Å². The number of fused-ring (bicyclic) bond motifs is 1. The Morgan fingerprint density at radius 1 is 0.867 bits per heavy atom. The maximum atomic E-state index is 14.5. The van der Waals surface area contributed by atoms with Gasteiger partial charge in [0.15, 0.2) is 0 Å². The number of rotatable bonds is 12. The lowest BCUT2D eigenvalue weighted by molar-refractivity contribution is -0.144. The first-order valence-electron chi connectivity index (χ1n) is 16.3. The summed E-state index contributed by atoms with van der Waals surface area (Å²) in [5.41, 5.74) is 3.01. The van der Waals surface area contributed by atoms with Crippen molar-refractivity contribution in [3.05, 3.63) is 108 Å². The maximum absolute atomic E-state index is 14.5. The van der Waals surface area contributed by atoms with Gasteiger partial charge in [-0.3, -0.25) is 14.4 Å². The van der Waals surface area contributed by atoms with Gasteiger partial charge in [-0.05, 0) is 69.4 Å². The molecule has 8 heteroatoms. The molecular weight excluding hydrogens is 562 g/mol. The van der Waals surface area contributed by atoms with Gasteiger partial charge in [0.05, 0.1) is 12.1 Å². The van der Waals surface area contributed by atoms with Gasteiger partial charge in [-0.1, -0.05) is 97.9 Å². The van der Waals surface area contributed by atoms with Crippen LogP contribution >= 0.6 is 0 Å². The fourth-order valence-corrected chi connectivity index (χ4v) is 6.92. The second-order valence-electron chi connectivity index (χ2n) is 12.5. The lowest BCUT2D eigenvalue weighted by Gasteiger charge is -2.34. The molecule has 238 valence electrons. The maximum Gasteiger partial charge on any atom is 0.246 e. The number of carbonyl (C=O) groups is 3. The molecule has 2 saturated heterocycles. The van der Waals surface area contributed by atoms with Gasteiger partial charge in [0.1, 0.15) is 12.1 Å². The Morgan fingerprint density at radius 3 is 2.02 bits per heavy atom. The summed E-state index contributed by atoms with van der Waals surface area (Å²) in [7, 11) is 3.82. The summed E-state index contributed by atoms with van der Waals surface area (Å²) in [6.07, 6.45) is 3.50. The third kappa shape index (κ3) is 7.81. The summed E-state index contributed by atoms with van der Waals surface area (Å²) in [6, 6.07) is 27.6. The van der Waals surface area contributed by atoms with Crippen molar-refractivity contribution in [3.63, 3.8) is 0 Å². The minimum absolute atomic E-state index is 0.0269. The van der Waals surface area contributed by atoms with E-state index in [9.17, 15) is 14.4 Å². The van der Waals surface area contributed by atoms with Crippen molar-refractivity contribution in [2.75, 3.05) is 27.2 Å². The van der Waals surface area contributed by atoms with Crippen LogP contribution in [0.2, 0.25) is 0 Å². The van der Waals surface area contributed by atoms with Gasteiger partial charge in [-0.25, -0.2) is 0 Å². The molecule has 2 aliphatic rings. The van der Waals surface area contributed by atoms with E-state index in [2.05, 4.69) is 27.8 Å². The molecular formula is C37H47N5O3. The zero-order chi connectivity index (χ0) is 31.8. The predicted molar refractivity (Wildman–Crippen MR) is 177 cm³/mol. The van der Waals surface area contributed by atoms with E-state index in [4.69, 9.17) is 0 Å². The zero-order valence-corrected chi connectivity index (χ0v) is 26.7. The Kier molecular flexibility index (Phi) is 11.0. The largest absolute Gasteiger partial charge is 0.343 e. The van der Waals surface area contributed by atoms with Crippen molar-refractivity contribution in [3.8, 4) is 0 Å². The number of benzene rings is 3. The number of amides is 3. The van der Waals surface area contributed by atoms with Crippen LogP contribution in [0.4, 0.5) is 0 Å². The molecule has 5 atom stereocenters. The minimum Gasteiger partial charge on any atom is -0.343 e. The lowest BCUT2D eigenvalue weighted by atomic mass is 9.92. The van der Waals surface area contributed by atoms with Crippen LogP contribution in [0.3, 0.4) is 0 Å². The van der Waals surface area contributed by atoms with Crippen LogP contribution < -0.4 is 16.0 Å². The Hall–Kier alpha value is -4.01. The molecule has 0 aromatic heterocycles. The molecule has 5 rings (SSSR count). The molecule has 2 aliphatic heterocycles. The third-order valence-electron chi connectivity index (χ3n) is 9.55. The van der Waals surface area contributed by atoms with Gasteiger partial charge in [0.2, 0.25) is 17.7 Å². The Balaban J connectivity index is 1.39. The summed E-state index contributed by atoms with van der Waals surface area (Å²) in [6.45, 7) is 3.63. The van der Waals surface area contributed by atoms with Crippen molar-refractivity contribution in [2.45, 2.75) is 69.2 Å². The molecule has 0 radical (unpaired) electrons. The first-order valence-corrected chi connectivity index (χ1v) is 16.3. The van der Waals surface area contributed by atoms with Gasteiger partial charge >= 0.3 is 0 Å². The fourth-order valence-electron chi connectivity index (χ4n) is 6.92. The first kappa shape index (κ1) is 32.4. The van der Waals surface area contributed by atoms with Gasteiger partial charge in [-0.2, -0.15) is 0 Å². The van der Waals surface area contributed by atoms with Crippen LogP contribution in [-0.4, -0.2) is 78.9 Å². The number of carbonyl (C=O) groups excluding carboxylic acids is 3. The highest BCUT2D eigenvalue weighted by Gasteiger charge is 2.48. The average Bonchev–Trinajstić information content (AvgIpc) is 3.47. The van der Waals surface area contributed by atoms with E-state index in [0.29, 0.717) is 19.4 Å². The monoisotopic (exact) mass is 609 g/mol. The van der Waals surface area contributed by atoms with Crippen molar-refractivity contribution in [1.29, 1.82) is 0 Å². The molecule has 0 aliphatic carbocycles. The SMILES string of the molecule is CCN(C)C[C@H]1CC[C@H]2CC[C@@H](C(=O)NC(c3ccccc3)c3ccccc3)N2C(=O)[C@H]1NC(=O)[C@@H](Cc1ccccc1)NC. The minimum atomic E-state index is -0.712. The standard InChI is InChI=1S/C37H47N5O3/c1-4-41(3)25-29-20-21-30-22-23-32(36(44)39-33(27-16-10-6-11-17-27)28-18-12-7-13-19-28)42(30)37(45)34(29)40-35(43)31(38-2)24-26-14-8-5-9-15-26/h5-19,29-34,38H,4,20-25H2,1-3H3,(H,39,44)(H,40,43)/t29-,30+,31-,32+,34+/m1/s1. The van der Waals surface area contributed by atoms with Crippen LogP contribution in [-0.2, 0) is 20.8 Å². The van der Waals surface area contributed by atoms with Crippen molar-refractivity contribution < 1.29 is 14.4 Å². The highest BCUT2D eigenvalue weighted by molar-refractivity contribution is 5.94. The Labute approximate surface area is 267 Å².